The number of nitrogens with zero attached hydrogens (tertiary/aromatic N) is 1. The van der Waals surface area contributed by atoms with Crippen LogP contribution in [-0.4, -0.2) is 52.4 Å². The molecule has 1 fully saturated rings. The van der Waals surface area contributed by atoms with Crippen LogP contribution in [0.5, 0.6) is 5.75 Å². The van der Waals surface area contributed by atoms with Gasteiger partial charge in [0.05, 0.1) is 12.2 Å². The van der Waals surface area contributed by atoms with Crippen LogP contribution in [0, 0.1) is 23.7 Å². The minimum atomic E-state index is -0.590. The first kappa shape index (κ1) is 27.3. The van der Waals surface area contributed by atoms with E-state index in [1.807, 2.05) is 24.0 Å². The fourth-order valence-electron chi connectivity index (χ4n) is 5.47. The van der Waals surface area contributed by atoms with Crippen molar-refractivity contribution in [1.82, 2.24) is 4.90 Å². The van der Waals surface area contributed by atoms with Crippen molar-refractivity contribution in [1.29, 1.82) is 0 Å². The Morgan fingerprint density at radius 1 is 1.29 bits per heavy atom. The van der Waals surface area contributed by atoms with Gasteiger partial charge in [-0.3, -0.25) is 4.79 Å². The van der Waals surface area contributed by atoms with Gasteiger partial charge in [0, 0.05) is 49.8 Å². The predicted molar refractivity (Wildman–Crippen MR) is 140 cm³/mol. The summed E-state index contributed by atoms with van der Waals surface area (Å²) >= 11 is 0. The zero-order valence-corrected chi connectivity index (χ0v) is 21.9. The quantitative estimate of drug-likeness (QED) is 0.331. The number of aryl methyl sites for hydroxylation is 1. The topological polar surface area (TPSA) is 70.0 Å². The maximum Gasteiger partial charge on any atom is 0.222 e. The number of amides is 1. The van der Waals surface area contributed by atoms with Gasteiger partial charge in [0.15, 0.2) is 0 Å². The highest BCUT2D eigenvalue weighted by Gasteiger charge is 2.48. The highest BCUT2D eigenvalue weighted by atomic mass is 16.5. The molecule has 1 amide bonds. The Morgan fingerprint density at radius 3 is 2.71 bits per heavy atom. The minimum absolute atomic E-state index is 0.0417. The number of hydrogen-bond acceptors (Lipinski definition) is 4. The second-order valence-electron chi connectivity index (χ2n) is 10.1. The molecule has 2 N–H and O–H groups in total. The molecule has 0 unspecified atom stereocenters. The molecule has 1 aliphatic carbocycles. The maximum atomic E-state index is 12.7. The first-order valence-corrected chi connectivity index (χ1v) is 13.4. The lowest BCUT2D eigenvalue weighted by Crippen LogP contribution is -2.32. The summed E-state index contributed by atoms with van der Waals surface area (Å²) < 4.78 is 6.38. The number of carbonyl (C=O) groups is 1. The fraction of sp³-hybridized carbons (Fsp3) is 0.633. The molecule has 2 aliphatic rings. The number of aliphatic hydroxyl groups excluding tert-OH is 2. The molecule has 0 bridgehead atoms. The Balaban J connectivity index is 1.66. The summed E-state index contributed by atoms with van der Waals surface area (Å²) in [5.41, 5.74) is 2.29. The zero-order chi connectivity index (χ0) is 25.4. The molecule has 1 aliphatic heterocycles. The van der Waals surface area contributed by atoms with Crippen molar-refractivity contribution in [3.8, 4) is 17.6 Å². The minimum Gasteiger partial charge on any atom is -0.489 e. The molecule has 0 aromatic heterocycles. The van der Waals surface area contributed by atoms with Gasteiger partial charge in [-0.1, -0.05) is 51.1 Å². The van der Waals surface area contributed by atoms with Gasteiger partial charge in [-0.2, -0.15) is 0 Å². The molecule has 0 spiro atoms. The van der Waals surface area contributed by atoms with E-state index < -0.39 is 12.2 Å². The van der Waals surface area contributed by atoms with Crippen molar-refractivity contribution >= 4 is 5.91 Å². The summed E-state index contributed by atoms with van der Waals surface area (Å²) in [6.07, 6.45) is 8.03. The predicted octanol–water partition coefficient (Wildman–Crippen LogP) is 4.85. The van der Waals surface area contributed by atoms with E-state index >= 15 is 0 Å². The molecule has 1 aromatic carbocycles. The lowest BCUT2D eigenvalue weighted by Gasteiger charge is -2.21. The number of rotatable bonds is 12. The van der Waals surface area contributed by atoms with E-state index in [9.17, 15) is 15.0 Å². The third kappa shape index (κ3) is 6.68. The molecule has 1 heterocycles. The van der Waals surface area contributed by atoms with Crippen molar-refractivity contribution in [2.75, 3.05) is 13.1 Å². The van der Waals surface area contributed by atoms with Gasteiger partial charge >= 0.3 is 0 Å². The molecule has 0 saturated heterocycles. The van der Waals surface area contributed by atoms with Crippen LogP contribution in [0.3, 0.4) is 0 Å². The van der Waals surface area contributed by atoms with Crippen LogP contribution in [0.15, 0.2) is 30.4 Å². The molecule has 3 rings (SSSR count). The lowest BCUT2D eigenvalue weighted by molar-refractivity contribution is -0.131. The maximum absolute atomic E-state index is 12.7. The summed E-state index contributed by atoms with van der Waals surface area (Å²) in [6.45, 7) is 9.68. The van der Waals surface area contributed by atoms with Crippen LogP contribution in [0.1, 0.15) is 83.3 Å². The summed E-state index contributed by atoms with van der Waals surface area (Å²) in [5, 5.41) is 21.3. The highest BCUT2D eigenvalue weighted by molar-refractivity contribution is 5.76. The second-order valence-corrected chi connectivity index (χ2v) is 10.1. The van der Waals surface area contributed by atoms with Gasteiger partial charge in [0.1, 0.15) is 11.9 Å². The Bertz CT molecular complexity index is 924. The normalized spacial score (nSPS) is 24.3. The average molecular weight is 482 g/mol. The Labute approximate surface area is 211 Å². The standard InChI is InChI=1S/C30H43NO4/c1-5-8-11-21(4)25(32)17-16-23-26(33)20-27-29(23)24-14-9-12-22(30(24)35-27)13-10-15-28(34)31(18-6-2)19-7-3/h9,12,14,16-17,21,23,25-27,29,32-33H,6-7,10-11,13,15,18-20H2,1-4H3/b17-16+/t21-,23+,25-,26-,27+,29+/m1/s1. The summed E-state index contributed by atoms with van der Waals surface area (Å²) in [7, 11) is 0. The third-order valence-electron chi connectivity index (χ3n) is 7.38. The highest BCUT2D eigenvalue weighted by Crippen LogP contribution is 2.52. The van der Waals surface area contributed by atoms with Crippen molar-refractivity contribution in [2.24, 2.45) is 11.8 Å². The Kier molecular flexibility index (Phi) is 10.2. The average Bonchev–Trinajstić information content (AvgIpc) is 3.35. The van der Waals surface area contributed by atoms with Gasteiger partial charge in [-0.25, -0.2) is 0 Å². The molecule has 35 heavy (non-hydrogen) atoms. The molecular weight excluding hydrogens is 438 g/mol. The van der Waals surface area contributed by atoms with Gasteiger partial charge in [-0.05, 0) is 44.1 Å². The monoisotopic (exact) mass is 481 g/mol. The number of ether oxygens (including phenoxy) is 1. The van der Waals surface area contributed by atoms with Gasteiger partial charge in [-0.15, -0.1) is 11.8 Å². The Morgan fingerprint density at radius 2 is 2.03 bits per heavy atom. The van der Waals surface area contributed by atoms with Crippen LogP contribution in [0.25, 0.3) is 0 Å². The summed E-state index contributed by atoms with van der Waals surface area (Å²) in [6, 6.07) is 6.27. The molecular formula is C30H43NO4. The molecule has 5 nitrogen and oxygen atoms in total. The number of para-hydroxylation sites is 1. The van der Waals surface area contributed by atoms with E-state index in [2.05, 4.69) is 43.9 Å². The fourth-order valence-corrected chi connectivity index (χ4v) is 5.47. The van der Waals surface area contributed by atoms with Gasteiger partial charge in [0.2, 0.25) is 5.91 Å². The van der Waals surface area contributed by atoms with E-state index in [1.165, 1.54) is 0 Å². The van der Waals surface area contributed by atoms with Crippen molar-refractivity contribution < 1.29 is 19.7 Å². The number of benzene rings is 1. The molecule has 5 heteroatoms. The summed E-state index contributed by atoms with van der Waals surface area (Å²) in [4.78, 5) is 14.6. The third-order valence-corrected chi connectivity index (χ3v) is 7.38. The second kappa shape index (κ2) is 13.1. The van der Waals surface area contributed by atoms with Gasteiger partial charge < -0.3 is 19.8 Å². The number of aliphatic hydroxyl groups is 2. The number of hydrogen-bond donors (Lipinski definition) is 2. The smallest absolute Gasteiger partial charge is 0.222 e. The molecule has 192 valence electrons. The van der Waals surface area contributed by atoms with Crippen LogP contribution >= 0.6 is 0 Å². The van der Waals surface area contributed by atoms with Crippen LogP contribution in [0.4, 0.5) is 0 Å². The van der Waals surface area contributed by atoms with E-state index in [-0.39, 0.29) is 29.8 Å². The number of carbonyl (C=O) groups excluding carboxylic acids is 1. The number of fused-ring (bicyclic) bond motifs is 3. The first-order valence-electron chi connectivity index (χ1n) is 13.4. The van der Waals surface area contributed by atoms with Gasteiger partial charge in [0.25, 0.3) is 0 Å². The van der Waals surface area contributed by atoms with Crippen molar-refractivity contribution in [3.63, 3.8) is 0 Å². The SMILES string of the molecule is CC#CC[C@@H](C)[C@H](O)/C=C/[C@@H]1[C@H]2c3cccc(CCCC(=O)N(CCC)CCC)c3O[C@H]2C[C@H]1O. The van der Waals surface area contributed by atoms with E-state index in [0.717, 1.165) is 55.6 Å². The van der Waals surface area contributed by atoms with E-state index in [4.69, 9.17) is 4.74 Å². The largest absolute Gasteiger partial charge is 0.489 e. The van der Waals surface area contributed by atoms with Crippen LogP contribution < -0.4 is 4.74 Å². The lowest BCUT2D eigenvalue weighted by atomic mass is 9.86. The summed E-state index contributed by atoms with van der Waals surface area (Å²) in [5.74, 6) is 7.12. The molecule has 1 saturated carbocycles. The molecule has 1 aromatic rings. The zero-order valence-electron chi connectivity index (χ0n) is 21.9. The van der Waals surface area contributed by atoms with E-state index in [0.29, 0.717) is 19.3 Å². The van der Waals surface area contributed by atoms with Crippen LogP contribution in [0.2, 0.25) is 0 Å². The molecule has 0 radical (unpaired) electrons. The van der Waals surface area contributed by atoms with Crippen molar-refractivity contribution in [3.05, 3.63) is 41.5 Å². The first-order chi connectivity index (χ1) is 16.9. The van der Waals surface area contributed by atoms with E-state index in [1.54, 1.807) is 6.92 Å². The molecule has 6 atom stereocenters. The Hall–Kier alpha value is -2.29. The van der Waals surface area contributed by atoms with Crippen LogP contribution in [-0.2, 0) is 11.2 Å². The van der Waals surface area contributed by atoms with Crippen molar-refractivity contribution in [2.45, 2.75) is 96.9 Å².